The summed E-state index contributed by atoms with van der Waals surface area (Å²) in [4.78, 5) is 0. The molecule has 0 aliphatic heterocycles. The summed E-state index contributed by atoms with van der Waals surface area (Å²) in [5.41, 5.74) is 6.13. The number of rotatable bonds is 5. The molecule has 0 aromatic heterocycles. The van der Waals surface area contributed by atoms with E-state index in [1.54, 1.807) is 14.2 Å². The van der Waals surface area contributed by atoms with E-state index in [0.29, 0.717) is 17.2 Å². The Hall–Kier alpha value is -1.42. The smallest absolute Gasteiger partial charge is 0.203 e. The normalized spacial score (nSPS) is 29.5. The highest BCUT2D eigenvalue weighted by Crippen LogP contribution is 2.48. The van der Waals surface area contributed by atoms with Gasteiger partial charge in [0.25, 0.3) is 0 Å². The minimum absolute atomic E-state index is 0.0197. The van der Waals surface area contributed by atoms with E-state index in [1.165, 1.54) is 0 Å². The zero-order chi connectivity index (χ0) is 14.0. The van der Waals surface area contributed by atoms with Crippen LogP contribution in [0.3, 0.4) is 0 Å². The van der Waals surface area contributed by atoms with Gasteiger partial charge in [-0.25, -0.2) is 0 Å². The molecule has 1 aromatic rings. The maximum absolute atomic E-state index is 6.14. The average molecular weight is 265 g/mol. The summed E-state index contributed by atoms with van der Waals surface area (Å²) in [5.74, 6) is 2.06. The average Bonchev–Trinajstić information content (AvgIpc) is 2.45. The van der Waals surface area contributed by atoms with Crippen molar-refractivity contribution >= 4 is 0 Å². The molecule has 3 unspecified atom stereocenters. The number of para-hydroxylation sites is 1. The van der Waals surface area contributed by atoms with Gasteiger partial charge < -0.3 is 19.9 Å². The van der Waals surface area contributed by atoms with Gasteiger partial charge in [-0.2, -0.15) is 0 Å². The Balaban J connectivity index is 2.24. The molecule has 4 heteroatoms. The van der Waals surface area contributed by atoms with Crippen molar-refractivity contribution < 1.29 is 14.2 Å². The van der Waals surface area contributed by atoms with Gasteiger partial charge in [-0.05, 0) is 18.6 Å². The summed E-state index contributed by atoms with van der Waals surface area (Å²) in [7, 11) is 3.26. The van der Waals surface area contributed by atoms with Crippen molar-refractivity contribution in [2.45, 2.75) is 38.8 Å². The minimum Gasteiger partial charge on any atom is -0.493 e. The zero-order valence-corrected chi connectivity index (χ0v) is 12.1. The van der Waals surface area contributed by atoms with Crippen LogP contribution < -0.4 is 19.9 Å². The first kappa shape index (κ1) is 14.0. The second-order valence-corrected chi connectivity index (χ2v) is 5.30. The highest BCUT2D eigenvalue weighted by Gasteiger charge is 2.50. The van der Waals surface area contributed by atoms with E-state index < -0.39 is 0 Å². The molecular weight excluding hydrogens is 242 g/mol. The lowest BCUT2D eigenvalue weighted by Crippen LogP contribution is -2.61. The minimum atomic E-state index is 0.0197. The van der Waals surface area contributed by atoms with Crippen molar-refractivity contribution in [3.05, 3.63) is 18.2 Å². The third-order valence-electron chi connectivity index (χ3n) is 4.46. The fourth-order valence-corrected chi connectivity index (χ4v) is 2.60. The number of benzene rings is 1. The van der Waals surface area contributed by atoms with Crippen molar-refractivity contribution in [3.63, 3.8) is 0 Å². The molecule has 3 atom stereocenters. The maximum Gasteiger partial charge on any atom is 0.203 e. The number of hydrogen-bond donors (Lipinski definition) is 1. The lowest BCUT2D eigenvalue weighted by molar-refractivity contribution is -0.0579. The second-order valence-electron chi connectivity index (χ2n) is 5.30. The van der Waals surface area contributed by atoms with Crippen LogP contribution in [0.4, 0.5) is 0 Å². The molecule has 4 nitrogen and oxygen atoms in total. The molecule has 1 saturated carbocycles. The molecule has 0 radical (unpaired) electrons. The van der Waals surface area contributed by atoms with Crippen LogP contribution in [0.1, 0.15) is 26.7 Å². The molecule has 106 valence electrons. The molecule has 0 heterocycles. The molecule has 1 aromatic carbocycles. The zero-order valence-electron chi connectivity index (χ0n) is 12.1. The van der Waals surface area contributed by atoms with Crippen LogP contribution in [0.25, 0.3) is 0 Å². The van der Waals surface area contributed by atoms with Gasteiger partial charge in [0.1, 0.15) is 6.10 Å². The van der Waals surface area contributed by atoms with Crippen molar-refractivity contribution in [2.75, 3.05) is 14.2 Å². The molecule has 0 saturated heterocycles. The molecule has 0 amide bonds. The third kappa shape index (κ3) is 2.25. The summed E-state index contributed by atoms with van der Waals surface area (Å²) in [6.07, 6.45) is 1.97. The maximum atomic E-state index is 6.14. The van der Waals surface area contributed by atoms with Crippen LogP contribution in [0, 0.1) is 5.41 Å². The van der Waals surface area contributed by atoms with E-state index in [9.17, 15) is 0 Å². The van der Waals surface area contributed by atoms with Crippen molar-refractivity contribution in [2.24, 2.45) is 11.1 Å². The molecule has 2 N–H and O–H groups in total. The van der Waals surface area contributed by atoms with Crippen molar-refractivity contribution in [1.29, 1.82) is 0 Å². The van der Waals surface area contributed by atoms with Crippen LogP contribution in [-0.4, -0.2) is 26.4 Å². The van der Waals surface area contributed by atoms with Gasteiger partial charge in [-0.15, -0.1) is 0 Å². The summed E-state index contributed by atoms with van der Waals surface area (Å²) in [6.45, 7) is 4.32. The van der Waals surface area contributed by atoms with Crippen LogP contribution in [0.15, 0.2) is 18.2 Å². The van der Waals surface area contributed by atoms with E-state index in [4.69, 9.17) is 19.9 Å². The lowest BCUT2D eigenvalue weighted by Gasteiger charge is -2.51. The Morgan fingerprint density at radius 2 is 1.84 bits per heavy atom. The highest BCUT2D eigenvalue weighted by atomic mass is 16.5. The Bertz CT molecular complexity index is 427. The molecular formula is C15H23NO3. The van der Waals surface area contributed by atoms with Gasteiger partial charge in [0.15, 0.2) is 11.5 Å². The summed E-state index contributed by atoms with van der Waals surface area (Å²) in [6, 6.07) is 5.83. The van der Waals surface area contributed by atoms with E-state index in [2.05, 4.69) is 13.8 Å². The largest absolute Gasteiger partial charge is 0.493 e. The van der Waals surface area contributed by atoms with Crippen molar-refractivity contribution in [1.82, 2.24) is 0 Å². The van der Waals surface area contributed by atoms with Crippen molar-refractivity contribution in [3.8, 4) is 17.2 Å². The van der Waals surface area contributed by atoms with Gasteiger partial charge in [-0.1, -0.05) is 19.9 Å². The van der Waals surface area contributed by atoms with Gasteiger partial charge >= 0.3 is 0 Å². The van der Waals surface area contributed by atoms with Crippen LogP contribution >= 0.6 is 0 Å². The third-order valence-corrected chi connectivity index (χ3v) is 4.46. The summed E-state index contributed by atoms with van der Waals surface area (Å²) >= 11 is 0. The SMILES string of the molecule is CCC1(C)C(N)CC1Oc1c(OC)cccc1OC. The lowest BCUT2D eigenvalue weighted by atomic mass is 9.62. The number of nitrogens with two attached hydrogens (primary N) is 1. The molecule has 19 heavy (non-hydrogen) atoms. The van der Waals surface area contributed by atoms with Gasteiger partial charge in [-0.3, -0.25) is 0 Å². The Morgan fingerprint density at radius 3 is 2.26 bits per heavy atom. The van der Waals surface area contributed by atoms with E-state index in [-0.39, 0.29) is 17.6 Å². The Morgan fingerprint density at radius 1 is 1.26 bits per heavy atom. The number of methoxy groups -OCH3 is 2. The van der Waals surface area contributed by atoms with E-state index >= 15 is 0 Å². The highest BCUT2D eigenvalue weighted by molar-refractivity contribution is 5.51. The molecule has 1 aliphatic rings. The quantitative estimate of drug-likeness (QED) is 0.889. The van der Waals surface area contributed by atoms with Crippen LogP contribution in [-0.2, 0) is 0 Å². The molecule has 0 bridgehead atoms. The second kappa shape index (κ2) is 5.29. The van der Waals surface area contributed by atoms with E-state index in [0.717, 1.165) is 12.8 Å². The van der Waals surface area contributed by atoms with Gasteiger partial charge in [0.05, 0.1) is 14.2 Å². The Labute approximate surface area is 114 Å². The van der Waals surface area contributed by atoms with Gasteiger partial charge in [0, 0.05) is 17.9 Å². The molecule has 1 fully saturated rings. The monoisotopic (exact) mass is 265 g/mol. The Kier molecular flexibility index (Phi) is 3.90. The first-order valence-electron chi connectivity index (χ1n) is 6.70. The summed E-state index contributed by atoms with van der Waals surface area (Å²) in [5, 5.41) is 0. The molecule has 0 spiro atoms. The molecule has 1 aliphatic carbocycles. The predicted molar refractivity (Wildman–Crippen MR) is 75.0 cm³/mol. The van der Waals surface area contributed by atoms with Crippen LogP contribution in [0.2, 0.25) is 0 Å². The van der Waals surface area contributed by atoms with Gasteiger partial charge in [0.2, 0.25) is 5.75 Å². The number of ether oxygens (including phenoxy) is 3. The predicted octanol–water partition coefficient (Wildman–Crippen LogP) is 2.60. The fourth-order valence-electron chi connectivity index (χ4n) is 2.60. The summed E-state index contributed by atoms with van der Waals surface area (Å²) < 4.78 is 16.8. The standard InChI is InChI=1S/C15H23NO3/c1-5-15(2)12(16)9-13(15)19-14-10(17-3)7-6-8-11(14)18-4/h6-8,12-13H,5,9,16H2,1-4H3. The first-order valence-corrected chi connectivity index (χ1v) is 6.70. The molecule has 2 rings (SSSR count). The number of hydrogen-bond acceptors (Lipinski definition) is 4. The fraction of sp³-hybridized carbons (Fsp3) is 0.600. The first-order chi connectivity index (χ1) is 9.06. The topological polar surface area (TPSA) is 53.7 Å². The van der Waals surface area contributed by atoms with E-state index in [1.807, 2.05) is 18.2 Å². The van der Waals surface area contributed by atoms with Crippen LogP contribution in [0.5, 0.6) is 17.2 Å².